The fraction of sp³-hybridized carbons (Fsp3) is 0.500. The third kappa shape index (κ3) is 5.50. The minimum atomic E-state index is 0. The molecule has 0 amide bonds. The maximum Gasteiger partial charge on any atom is 0.225 e. The Labute approximate surface area is 169 Å². The Kier molecular flexibility index (Phi) is 7.82. The molecular weight excluding hydrogens is 449 g/mol. The zero-order valence-corrected chi connectivity index (χ0v) is 17.7. The number of piperazine rings is 1. The number of halogens is 1. The molecule has 2 aromatic rings. The van der Waals surface area contributed by atoms with Crippen molar-refractivity contribution in [2.75, 3.05) is 44.7 Å². The lowest BCUT2D eigenvalue weighted by molar-refractivity contribution is 0.370. The van der Waals surface area contributed by atoms with Crippen molar-refractivity contribution in [2.45, 2.75) is 13.3 Å². The summed E-state index contributed by atoms with van der Waals surface area (Å²) in [5, 5.41) is 6.68. The molecular formula is C16H24IN7S. The molecule has 0 aliphatic carbocycles. The Bertz CT molecular complexity index is 668. The first kappa shape index (κ1) is 19.8. The topological polar surface area (TPSA) is 69.5 Å². The van der Waals surface area contributed by atoms with Gasteiger partial charge in [0, 0.05) is 64.0 Å². The van der Waals surface area contributed by atoms with Crippen LogP contribution in [0.4, 0.5) is 5.95 Å². The van der Waals surface area contributed by atoms with Gasteiger partial charge in [-0.15, -0.1) is 35.3 Å². The fourth-order valence-corrected chi connectivity index (χ4v) is 3.38. The number of aliphatic imine (C=N–C) groups is 1. The van der Waals surface area contributed by atoms with E-state index < -0.39 is 0 Å². The fourth-order valence-electron chi connectivity index (χ4n) is 2.73. The maximum absolute atomic E-state index is 4.49. The van der Waals surface area contributed by atoms with Crippen molar-refractivity contribution in [1.29, 1.82) is 0 Å². The average molecular weight is 473 g/mol. The normalized spacial score (nSPS) is 15.0. The van der Waals surface area contributed by atoms with Gasteiger partial charge >= 0.3 is 0 Å². The first-order chi connectivity index (χ1) is 11.8. The molecule has 0 radical (unpaired) electrons. The van der Waals surface area contributed by atoms with Gasteiger partial charge in [-0.25, -0.2) is 15.0 Å². The van der Waals surface area contributed by atoms with E-state index in [4.69, 9.17) is 0 Å². The van der Waals surface area contributed by atoms with E-state index in [-0.39, 0.29) is 24.0 Å². The standard InChI is InChI=1S/C16H23N7S.HI/c1-13-21-14(12-24-13)4-7-20-15(17-2)22-8-10-23(11-9-22)16-18-5-3-6-19-16;/h3,5-6,12H,4,7-11H2,1-2H3,(H,17,20);1H. The van der Waals surface area contributed by atoms with E-state index in [0.717, 1.165) is 61.8 Å². The summed E-state index contributed by atoms with van der Waals surface area (Å²) in [6, 6.07) is 1.84. The molecule has 0 spiro atoms. The first-order valence-corrected chi connectivity index (χ1v) is 9.03. The minimum Gasteiger partial charge on any atom is -0.356 e. The maximum atomic E-state index is 4.49. The summed E-state index contributed by atoms with van der Waals surface area (Å²) >= 11 is 1.70. The molecule has 9 heteroatoms. The van der Waals surface area contributed by atoms with Crippen LogP contribution in [0, 0.1) is 6.92 Å². The summed E-state index contributed by atoms with van der Waals surface area (Å²) in [5.41, 5.74) is 1.14. The van der Waals surface area contributed by atoms with E-state index in [1.165, 1.54) is 0 Å². The van der Waals surface area contributed by atoms with Crippen LogP contribution in [0.5, 0.6) is 0 Å². The van der Waals surface area contributed by atoms with Crippen LogP contribution in [0.25, 0.3) is 0 Å². The molecule has 3 heterocycles. The van der Waals surface area contributed by atoms with Gasteiger partial charge in [-0.3, -0.25) is 4.99 Å². The van der Waals surface area contributed by atoms with Gasteiger partial charge in [-0.1, -0.05) is 0 Å². The zero-order valence-electron chi connectivity index (χ0n) is 14.6. The van der Waals surface area contributed by atoms with E-state index in [1.54, 1.807) is 23.7 Å². The summed E-state index contributed by atoms with van der Waals surface area (Å²) in [7, 11) is 1.84. The van der Waals surface area contributed by atoms with Crippen LogP contribution in [-0.2, 0) is 6.42 Å². The van der Waals surface area contributed by atoms with E-state index in [0.29, 0.717) is 0 Å². The summed E-state index contributed by atoms with van der Waals surface area (Å²) < 4.78 is 0. The summed E-state index contributed by atoms with van der Waals surface area (Å²) in [5.74, 6) is 1.76. The van der Waals surface area contributed by atoms with Crippen LogP contribution >= 0.6 is 35.3 Å². The molecule has 0 saturated carbocycles. The summed E-state index contributed by atoms with van der Waals surface area (Å²) in [4.78, 5) is 22.0. The highest BCUT2D eigenvalue weighted by Gasteiger charge is 2.20. The second-order valence-electron chi connectivity index (χ2n) is 5.60. The van der Waals surface area contributed by atoms with Gasteiger partial charge in [0.1, 0.15) is 0 Å². The van der Waals surface area contributed by atoms with Crippen LogP contribution in [0.1, 0.15) is 10.7 Å². The summed E-state index contributed by atoms with van der Waals surface area (Å²) in [6.07, 6.45) is 4.49. The lowest BCUT2D eigenvalue weighted by atomic mass is 10.3. The Morgan fingerprint density at radius 1 is 1.24 bits per heavy atom. The number of anilines is 1. The van der Waals surface area contributed by atoms with Crippen LogP contribution in [-0.4, -0.2) is 65.6 Å². The van der Waals surface area contributed by atoms with Crippen molar-refractivity contribution in [3.8, 4) is 0 Å². The molecule has 1 fully saturated rings. The molecule has 0 aromatic carbocycles. The predicted octanol–water partition coefficient (Wildman–Crippen LogP) is 1.80. The Morgan fingerprint density at radius 3 is 2.56 bits per heavy atom. The third-order valence-corrected chi connectivity index (χ3v) is 4.78. The van der Waals surface area contributed by atoms with Gasteiger partial charge in [0.15, 0.2) is 5.96 Å². The number of nitrogens with zero attached hydrogens (tertiary/aromatic N) is 6. The lowest BCUT2D eigenvalue weighted by Crippen LogP contribution is -2.53. The second kappa shape index (κ2) is 9.85. The molecule has 3 rings (SSSR count). The van der Waals surface area contributed by atoms with E-state index in [9.17, 15) is 0 Å². The first-order valence-electron chi connectivity index (χ1n) is 8.15. The number of hydrogen-bond donors (Lipinski definition) is 1. The van der Waals surface area contributed by atoms with Crippen molar-refractivity contribution in [2.24, 2.45) is 4.99 Å². The van der Waals surface area contributed by atoms with Crippen molar-refractivity contribution in [3.05, 3.63) is 34.5 Å². The number of guanidine groups is 1. The Hall–Kier alpha value is -1.49. The third-order valence-electron chi connectivity index (χ3n) is 3.96. The highest BCUT2D eigenvalue weighted by molar-refractivity contribution is 14.0. The number of thiazole rings is 1. The molecule has 0 unspecified atom stereocenters. The zero-order chi connectivity index (χ0) is 16.8. The SMILES string of the molecule is CN=C(NCCc1csc(C)n1)N1CCN(c2ncccn2)CC1.I. The van der Waals surface area contributed by atoms with Crippen LogP contribution in [0.3, 0.4) is 0 Å². The van der Waals surface area contributed by atoms with Gasteiger partial charge in [-0.05, 0) is 13.0 Å². The Balaban J connectivity index is 0.00000225. The second-order valence-corrected chi connectivity index (χ2v) is 6.67. The number of aryl methyl sites for hydroxylation is 1. The molecule has 1 N–H and O–H groups in total. The minimum absolute atomic E-state index is 0. The van der Waals surface area contributed by atoms with Crippen LogP contribution in [0.15, 0.2) is 28.8 Å². The number of rotatable bonds is 4. The highest BCUT2D eigenvalue weighted by Crippen LogP contribution is 2.10. The van der Waals surface area contributed by atoms with E-state index in [2.05, 4.69) is 40.4 Å². The van der Waals surface area contributed by atoms with Gasteiger partial charge in [0.05, 0.1) is 10.7 Å². The predicted molar refractivity (Wildman–Crippen MR) is 113 cm³/mol. The highest BCUT2D eigenvalue weighted by atomic mass is 127. The van der Waals surface area contributed by atoms with E-state index >= 15 is 0 Å². The van der Waals surface area contributed by atoms with Gasteiger partial charge in [-0.2, -0.15) is 0 Å². The smallest absolute Gasteiger partial charge is 0.225 e. The van der Waals surface area contributed by atoms with Crippen LogP contribution in [0.2, 0.25) is 0 Å². The van der Waals surface area contributed by atoms with Crippen LogP contribution < -0.4 is 10.2 Å². The number of aromatic nitrogens is 3. The van der Waals surface area contributed by atoms with Crippen molar-refractivity contribution >= 4 is 47.2 Å². The van der Waals surface area contributed by atoms with E-state index in [1.807, 2.05) is 20.0 Å². The van der Waals surface area contributed by atoms with Crippen molar-refractivity contribution in [1.82, 2.24) is 25.2 Å². The molecule has 2 aromatic heterocycles. The average Bonchev–Trinajstić information content (AvgIpc) is 3.05. The molecule has 1 aliphatic rings. The molecule has 0 bridgehead atoms. The van der Waals surface area contributed by atoms with Gasteiger partial charge in [0.25, 0.3) is 0 Å². The molecule has 1 saturated heterocycles. The molecule has 7 nitrogen and oxygen atoms in total. The van der Waals surface area contributed by atoms with Gasteiger partial charge < -0.3 is 15.1 Å². The van der Waals surface area contributed by atoms with Gasteiger partial charge in [0.2, 0.25) is 5.95 Å². The lowest BCUT2D eigenvalue weighted by Gasteiger charge is -2.36. The largest absolute Gasteiger partial charge is 0.356 e. The monoisotopic (exact) mass is 473 g/mol. The summed E-state index contributed by atoms with van der Waals surface area (Å²) in [6.45, 7) is 6.50. The Morgan fingerprint density at radius 2 is 1.96 bits per heavy atom. The number of nitrogens with one attached hydrogen (secondary N) is 1. The quantitative estimate of drug-likeness (QED) is 0.415. The van der Waals surface area contributed by atoms with Crippen molar-refractivity contribution < 1.29 is 0 Å². The number of hydrogen-bond acceptors (Lipinski definition) is 6. The molecule has 25 heavy (non-hydrogen) atoms. The molecule has 1 aliphatic heterocycles. The molecule has 136 valence electrons. The van der Waals surface area contributed by atoms with Crippen molar-refractivity contribution in [3.63, 3.8) is 0 Å². The molecule has 0 atom stereocenters.